The van der Waals surface area contributed by atoms with Crippen LogP contribution in [0.2, 0.25) is 10.0 Å². The Balaban J connectivity index is 1.94. The van der Waals surface area contributed by atoms with Gasteiger partial charge < -0.3 is 21.1 Å². The third-order valence-corrected chi connectivity index (χ3v) is 4.64. The first kappa shape index (κ1) is 21.6. The number of hydrogen-bond acceptors (Lipinski definition) is 5. The van der Waals surface area contributed by atoms with Crippen molar-refractivity contribution in [1.82, 2.24) is 14.9 Å². The Labute approximate surface area is 181 Å². The maximum Gasteiger partial charge on any atom is 0.319 e. The minimum Gasteiger partial charge on any atom is -0.395 e. The van der Waals surface area contributed by atoms with Gasteiger partial charge in [-0.2, -0.15) is 0 Å². The topological polar surface area (TPSA) is 125 Å². The molecule has 0 bridgehead atoms. The summed E-state index contributed by atoms with van der Waals surface area (Å²) in [6.07, 6.45) is 3.00. The molecule has 2 aromatic heterocycles. The third kappa shape index (κ3) is 4.54. The molecule has 156 valence electrons. The number of aliphatic hydroxyl groups excluding tert-OH is 1. The molecule has 30 heavy (non-hydrogen) atoms. The van der Waals surface area contributed by atoms with Gasteiger partial charge in [0.2, 0.25) is 5.91 Å². The molecule has 11 heteroatoms. The fourth-order valence-electron chi connectivity index (χ4n) is 2.83. The number of nitrogens with one attached hydrogen (secondary N) is 3. The van der Waals surface area contributed by atoms with Crippen LogP contribution in [0.5, 0.6) is 0 Å². The van der Waals surface area contributed by atoms with Gasteiger partial charge in [0.1, 0.15) is 5.82 Å². The van der Waals surface area contributed by atoms with E-state index in [2.05, 4.69) is 20.9 Å². The number of amides is 3. The highest BCUT2D eigenvalue weighted by Crippen LogP contribution is 2.31. The Morgan fingerprint density at radius 3 is 2.47 bits per heavy atom. The van der Waals surface area contributed by atoms with Crippen molar-refractivity contribution >= 4 is 63.5 Å². The Morgan fingerprint density at radius 1 is 1.13 bits per heavy atom. The molecule has 4 N–H and O–H groups in total. The molecule has 0 aliphatic rings. The molecule has 3 amide bonds. The fourth-order valence-corrected chi connectivity index (χ4v) is 3.47. The first-order valence-electron chi connectivity index (χ1n) is 8.75. The summed E-state index contributed by atoms with van der Waals surface area (Å²) in [7, 11) is 0. The first-order chi connectivity index (χ1) is 14.3. The minimum absolute atomic E-state index is 0.0444. The predicted octanol–water partition coefficient (Wildman–Crippen LogP) is 3.10. The number of anilines is 2. The minimum atomic E-state index is -0.551. The summed E-state index contributed by atoms with van der Waals surface area (Å²) in [5.74, 6) is -0.445. The van der Waals surface area contributed by atoms with E-state index in [1.54, 1.807) is 12.1 Å². The van der Waals surface area contributed by atoms with Gasteiger partial charge in [0, 0.05) is 36.9 Å². The van der Waals surface area contributed by atoms with E-state index >= 15 is 0 Å². The lowest BCUT2D eigenvalue weighted by Crippen LogP contribution is -2.31. The maximum atomic E-state index is 13.1. The lowest BCUT2D eigenvalue weighted by atomic mass is 10.2. The SMILES string of the molecule is CC(=O)Nc1nccc2c1ccn2C(=O)c1c(Cl)cc(NC(=O)NCCO)cc1Cl. The molecule has 0 spiro atoms. The van der Waals surface area contributed by atoms with Gasteiger partial charge in [-0.05, 0) is 24.3 Å². The number of hydrogen-bond donors (Lipinski definition) is 4. The summed E-state index contributed by atoms with van der Waals surface area (Å²) in [5.41, 5.74) is 0.845. The van der Waals surface area contributed by atoms with Gasteiger partial charge in [-0.3, -0.25) is 14.2 Å². The van der Waals surface area contributed by atoms with Crippen molar-refractivity contribution in [1.29, 1.82) is 0 Å². The Morgan fingerprint density at radius 2 is 1.83 bits per heavy atom. The number of aliphatic hydroxyl groups is 1. The molecule has 2 heterocycles. The van der Waals surface area contributed by atoms with Gasteiger partial charge in [0.25, 0.3) is 5.91 Å². The number of carbonyl (C=O) groups is 3. The number of carbonyl (C=O) groups excluding carboxylic acids is 3. The van der Waals surface area contributed by atoms with Crippen LogP contribution < -0.4 is 16.0 Å². The number of benzene rings is 1. The molecule has 0 unspecified atom stereocenters. The number of aromatic nitrogens is 2. The van der Waals surface area contributed by atoms with Crippen LogP contribution in [-0.4, -0.2) is 45.7 Å². The number of rotatable bonds is 5. The Bertz CT molecular complexity index is 1120. The van der Waals surface area contributed by atoms with Crippen molar-refractivity contribution in [3.8, 4) is 0 Å². The van der Waals surface area contributed by atoms with Crippen LogP contribution in [0, 0.1) is 0 Å². The highest BCUT2D eigenvalue weighted by molar-refractivity contribution is 6.40. The largest absolute Gasteiger partial charge is 0.395 e. The van der Waals surface area contributed by atoms with E-state index < -0.39 is 11.9 Å². The van der Waals surface area contributed by atoms with Crippen molar-refractivity contribution in [2.24, 2.45) is 0 Å². The van der Waals surface area contributed by atoms with E-state index in [-0.39, 0.29) is 40.4 Å². The van der Waals surface area contributed by atoms with E-state index in [1.807, 2.05) is 0 Å². The first-order valence-corrected chi connectivity index (χ1v) is 9.50. The molecule has 0 fully saturated rings. The molecular weight excluding hydrogens is 433 g/mol. The maximum absolute atomic E-state index is 13.1. The molecule has 0 aliphatic carbocycles. The average Bonchev–Trinajstić information content (AvgIpc) is 3.10. The summed E-state index contributed by atoms with van der Waals surface area (Å²) in [6, 6.07) is 5.52. The summed E-state index contributed by atoms with van der Waals surface area (Å²) >= 11 is 12.6. The smallest absolute Gasteiger partial charge is 0.319 e. The zero-order valence-corrected chi connectivity index (χ0v) is 17.2. The van der Waals surface area contributed by atoms with Crippen molar-refractivity contribution in [3.05, 3.63) is 52.3 Å². The second kappa shape index (κ2) is 9.12. The molecule has 0 saturated carbocycles. The van der Waals surface area contributed by atoms with Gasteiger partial charge >= 0.3 is 6.03 Å². The standard InChI is InChI=1S/C19H17Cl2N5O4/c1-10(28)24-17-12-3-6-26(15(12)2-4-22-17)18(29)16-13(20)8-11(9-14(16)21)25-19(30)23-5-7-27/h2-4,6,8-9,27H,5,7H2,1H3,(H,22,24,28)(H2,23,25,30). The van der Waals surface area contributed by atoms with Crippen LogP contribution in [0.1, 0.15) is 17.3 Å². The van der Waals surface area contributed by atoms with Crippen LogP contribution in [0.3, 0.4) is 0 Å². The molecule has 0 aliphatic heterocycles. The van der Waals surface area contributed by atoms with Gasteiger partial charge in [-0.1, -0.05) is 23.2 Å². The highest BCUT2D eigenvalue weighted by Gasteiger charge is 2.21. The Hall–Kier alpha value is -3.14. The van der Waals surface area contributed by atoms with E-state index in [9.17, 15) is 14.4 Å². The number of urea groups is 1. The van der Waals surface area contributed by atoms with Gasteiger partial charge in [0.15, 0.2) is 0 Å². The van der Waals surface area contributed by atoms with E-state index in [0.717, 1.165) is 0 Å². The van der Waals surface area contributed by atoms with E-state index in [4.69, 9.17) is 28.3 Å². The van der Waals surface area contributed by atoms with Crippen molar-refractivity contribution in [3.63, 3.8) is 0 Å². The molecule has 1 aromatic carbocycles. The lowest BCUT2D eigenvalue weighted by molar-refractivity contribution is -0.114. The molecule has 0 saturated heterocycles. The predicted molar refractivity (Wildman–Crippen MR) is 114 cm³/mol. The quantitative estimate of drug-likeness (QED) is 0.476. The summed E-state index contributed by atoms with van der Waals surface area (Å²) < 4.78 is 1.34. The zero-order valence-electron chi connectivity index (χ0n) is 15.7. The second-order valence-electron chi connectivity index (χ2n) is 6.18. The van der Waals surface area contributed by atoms with Crippen molar-refractivity contribution < 1.29 is 19.5 Å². The van der Waals surface area contributed by atoms with E-state index in [0.29, 0.717) is 16.7 Å². The van der Waals surface area contributed by atoms with Crippen LogP contribution >= 0.6 is 23.2 Å². The lowest BCUT2D eigenvalue weighted by Gasteiger charge is -2.12. The van der Waals surface area contributed by atoms with Gasteiger partial charge in [-0.25, -0.2) is 9.78 Å². The molecule has 0 atom stereocenters. The molecule has 0 radical (unpaired) electrons. The summed E-state index contributed by atoms with van der Waals surface area (Å²) in [4.78, 5) is 40.3. The van der Waals surface area contributed by atoms with Crippen LogP contribution in [0.15, 0.2) is 36.7 Å². The summed E-state index contributed by atoms with van der Waals surface area (Å²) in [6.45, 7) is 1.24. The molecular formula is C19H17Cl2N5O4. The van der Waals surface area contributed by atoms with Crippen LogP contribution in [0.25, 0.3) is 10.9 Å². The normalized spacial score (nSPS) is 10.7. The number of nitrogens with zero attached hydrogens (tertiary/aromatic N) is 2. The third-order valence-electron chi connectivity index (χ3n) is 4.04. The summed E-state index contributed by atoms with van der Waals surface area (Å²) in [5, 5.41) is 17.0. The fraction of sp³-hybridized carbons (Fsp3) is 0.158. The Kier molecular flexibility index (Phi) is 6.56. The number of halogens is 2. The van der Waals surface area contributed by atoms with Crippen LogP contribution in [0.4, 0.5) is 16.3 Å². The zero-order chi connectivity index (χ0) is 21.8. The molecule has 3 rings (SSSR count). The monoisotopic (exact) mass is 449 g/mol. The van der Waals surface area contributed by atoms with Crippen LogP contribution in [-0.2, 0) is 4.79 Å². The van der Waals surface area contributed by atoms with Gasteiger partial charge in [0.05, 0.1) is 27.7 Å². The number of pyridine rings is 1. The molecule has 3 aromatic rings. The number of fused-ring (bicyclic) bond motifs is 1. The highest BCUT2D eigenvalue weighted by atomic mass is 35.5. The van der Waals surface area contributed by atoms with Crippen molar-refractivity contribution in [2.75, 3.05) is 23.8 Å². The van der Waals surface area contributed by atoms with Crippen molar-refractivity contribution in [2.45, 2.75) is 6.92 Å². The van der Waals surface area contributed by atoms with E-state index in [1.165, 1.54) is 36.0 Å². The molecule has 9 nitrogen and oxygen atoms in total. The average molecular weight is 450 g/mol. The van der Waals surface area contributed by atoms with Gasteiger partial charge in [-0.15, -0.1) is 0 Å². The second-order valence-corrected chi connectivity index (χ2v) is 7.00.